The van der Waals surface area contributed by atoms with Crippen LogP contribution in [0.1, 0.15) is 56.3 Å². The van der Waals surface area contributed by atoms with Crippen molar-refractivity contribution >= 4 is 0 Å². The molecule has 3 heterocycles. The fourth-order valence-electron chi connectivity index (χ4n) is 5.15. The lowest BCUT2D eigenvalue weighted by atomic mass is 9.78. The molecule has 0 bridgehead atoms. The first kappa shape index (κ1) is 22.3. The lowest BCUT2D eigenvalue weighted by Gasteiger charge is -2.31. The Morgan fingerprint density at radius 2 is 2.09 bits per heavy atom. The number of allylic oxidation sites excluding steroid dienone is 2. The van der Waals surface area contributed by atoms with Crippen molar-refractivity contribution in [3.63, 3.8) is 0 Å². The van der Waals surface area contributed by atoms with Gasteiger partial charge in [-0.05, 0) is 66.6 Å². The highest BCUT2D eigenvalue weighted by molar-refractivity contribution is 5.57. The molecule has 9 heteroatoms. The van der Waals surface area contributed by atoms with Crippen LogP contribution in [0.15, 0.2) is 59.8 Å². The molecule has 0 radical (unpaired) electrons. The van der Waals surface area contributed by atoms with Crippen LogP contribution in [0.4, 0.5) is 0 Å². The Morgan fingerprint density at radius 3 is 2.79 bits per heavy atom. The highest BCUT2D eigenvalue weighted by Crippen LogP contribution is 2.34. The van der Waals surface area contributed by atoms with Crippen LogP contribution >= 0.6 is 0 Å². The summed E-state index contributed by atoms with van der Waals surface area (Å²) in [6.45, 7) is 2.62. The van der Waals surface area contributed by atoms with Crippen LogP contribution in [-0.2, 0) is 18.4 Å². The van der Waals surface area contributed by atoms with Crippen molar-refractivity contribution < 1.29 is 5.11 Å². The number of nitrogens with one attached hydrogen (secondary N) is 2. The molecule has 34 heavy (non-hydrogen) atoms. The highest BCUT2D eigenvalue weighted by Gasteiger charge is 2.34. The summed E-state index contributed by atoms with van der Waals surface area (Å²) in [6, 6.07) is 7.94. The quantitative estimate of drug-likeness (QED) is 0.475. The third-order valence-electron chi connectivity index (χ3n) is 7.07. The van der Waals surface area contributed by atoms with Crippen LogP contribution in [0.5, 0.6) is 0 Å². The van der Waals surface area contributed by atoms with Gasteiger partial charge in [0, 0.05) is 24.0 Å². The third kappa shape index (κ3) is 4.11. The first-order valence-electron chi connectivity index (χ1n) is 12.1. The second-order valence-electron chi connectivity index (χ2n) is 9.27. The fraction of sp³-hybridized carbons (Fsp3) is 0.440. The van der Waals surface area contributed by atoms with E-state index in [0.717, 1.165) is 55.3 Å². The SMILES string of the molecule is CCCCc1cn(C2CCCC2O)c(=O)n1CC1(c2cccc(-c3nnn[nH]3)c2)C=CNC=C1. The number of tetrazole rings is 1. The first-order chi connectivity index (χ1) is 16.6. The molecule has 1 aliphatic carbocycles. The number of aromatic nitrogens is 6. The lowest BCUT2D eigenvalue weighted by molar-refractivity contribution is 0.134. The van der Waals surface area contributed by atoms with Crippen molar-refractivity contribution in [3.05, 3.63) is 76.8 Å². The number of imidazole rings is 1. The molecule has 2 aromatic heterocycles. The minimum atomic E-state index is -0.528. The summed E-state index contributed by atoms with van der Waals surface area (Å²) in [5.41, 5.74) is 2.36. The van der Waals surface area contributed by atoms with E-state index in [2.05, 4.69) is 57.1 Å². The molecule has 5 rings (SSSR count). The summed E-state index contributed by atoms with van der Waals surface area (Å²) in [5.74, 6) is 0.598. The first-order valence-corrected chi connectivity index (χ1v) is 12.1. The van der Waals surface area contributed by atoms with E-state index in [9.17, 15) is 9.90 Å². The molecule has 2 aliphatic rings. The van der Waals surface area contributed by atoms with E-state index in [4.69, 9.17) is 0 Å². The standard InChI is InChI=1S/C25H31N7O2/c1-2-3-8-20-16-31(21-9-5-10-22(21)33)24(34)32(20)17-25(11-13-26-14-12-25)19-7-4-6-18(15-19)23-27-29-30-28-23/h4,6-7,11-16,21-22,26,33H,2-3,5,8-10,17H2,1H3,(H,27,28,29,30). The number of aromatic amines is 1. The van der Waals surface area contributed by atoms with Gasteiger partial charge in [-0.1, -0.05) is 43.7 Å². The second-order valence-corrected chi connectivity index (χ2v) is 9.27. The maximum absolute atomic E-state index is 13.7. The Labute approximate surface area is 198 Å². The Kier molecular flexibility index (Phi) is 6.19. The van der Waals surface area contributed by atoms with Crippen LogP contribution in [0.2, 0.25) is 0 Å². The summed E-state index contributed by atoms with van der Waals surface area (Å²) >= 11 is 0. The molecule has 1 fully saturated rings. The van der Waals surface area contributed by atoms with Gasteiger partial charge in [0.2, 0.25) is 0 Å². The van der Waals surface area contributed by atoms with Gasteiger partial charge in [-0.2, -0.15) is 0 Å². The molecule has 0 spiro atoms. The largest absolute Gasteiger partial charge is 0.391 e. The number of unbranched alkanes of at least 4 members (excludes halogenated alkanes) is 1. The van der Waals surface area contributed by atoms with Gasteiger partial charge < -0.3 is 10.4 Å². The topological polar surface area (TPSA) is 114 Å². The molecule has 0 saturated heterocycles. The minimum absolute atomic E-state index is 0.0488. The molecular formula is C25H31N7O2. The van der Waals surface area contributed by atoms with Gasteiger partial charge in [0.1, 0.15) is 0 Å². The highest BCUT2D eigenvalue weighted by atomic mass is 16.3. The number of aryl methyl sites for hydroxylation is 1. The number of rotatable bonds is 8. The van der Waals surface area contributed by atoms with Crippen LogP contribution in [0, 0.1) is 0 Å². The van der Waals surface area contributed by atoms with Crippen molar-refractivity contribution in [1.82, 2.24) is 35.1 Å². The zero-order chi connectivity index (χ0) is 23.5. The third-order valence-corrected chi connectivity index (χ3v) is 7.07. The Balaban J connectivity index is 1.58. The van der Waals surface area contributed by atoms with Gasteiger partial charge in [0.15, 0.2) is 5.82 Å². The number of aliphatic hydroxyl groups is 1. The maximum Gasteiger partial charge on any atom is 0.328 e. The Bertz CT molecular complexity index is 1230. The van der Waals surface area contributed by atoms with E-state index >= 15 is 0 Å². The molecular weight excluding hydrogens is 430 g/mol. The summed E-state index contributed by atoms with van der Waals surface area (Å²) in [6.07, 6.45) is 14.9. The predicted molar refractivity (Wildman–Crippen MR) is 129 cm³/mol. The predicted octanol–water partition coefficient (Wildman–Crippen LogP) is 2.83. The normalized spacial score (nSPS) is 21.1. The molecule has 9 nitrogen and oxygen atoms in total. The molecule has 1 aromatic carbocycles. The van der Waals surface area contributed by atoms with E-state index in [0.29, 0.717) is 12.4 Å². The van der Waals surface area contributed by atoms with Crippen molar-refractivity contribution in [1.29, 1.82) is 0 Å². The lowest BCUT2D eigenvalue weighted by Crippen LogP contribution is -2.37. The molecule has 0 amide bonds. The van der Waals surface area contributed by atoms with Gasteiger partial charge in [0.05, 0.1) is 17.6 Å². The number of benzene rings is 1. The second kappa shape index (κ2) is 9.42. The summed E-state index contributed by atoms with van der Waals surface area (Å²) < 4.78 is 3.69. The average Bonchev–Trinajstić information content (AvgIpc) is 3.61. The van der Waals surface area contributed by atoms with Gasteiger partial charge >= 0.3 is 5.69 Å². The number of nitrogens with zero attached hydrogens (tertiary/aromatic N) is 5. The molecule has 1 aliphatic heterocycles. The molecule has 3 aromatic rings. The molecule has 3 N–H and O–H groups in total. The Morgan fingerprint density at radius 1 is 1.24 bits per heavy atom. The average molecular weight is 462 g/mol. The van der Waals surface area contributed by atoms with Gasteiger partial charge in [-0.25, -0.2) is 9.89 Å². The zero-order valence-electron chi connectivity index (χ0n) is 19.4. The molecule has 2 unspecified atom stereocenters. The van der Waals surface area contributed by atoms with Crippen molar-refractivity contribution in [2.45, 2.75) is 69.6 Å². The molecule has 2 atom stereocenters. The van der Waals surface area contributed by atoms with Crippen molar-refractivity contribution in [2.75, 3.05) is 0 Å². The van der Waals surface area contributed by atoms with Gasteiger partial charge in [-0.15, -0.1) is 5.10 Å². The molecule has 1 saturated carbocycles. The van der Waals surface area contributed by atoms with Crippen molar-refractivity contribution in [2.24, 2.45) is 0 Å². The van der Waals surface area contributed by atoms with E-state index in [1.54, 1.807) is 4.57 Å². The van der Waals surface area contributed by atoms with Crippen LogP contribution in [0.25, 0.3) is 11.4 Å². The summed E-state index contributed by atoms with van der Waals surface area (Å²) in [4.78, 5) is 13.7. The summed E-state index contributed by atoms with van der Waals surface area (Å²) in [5, 5.41) is 27.9. The maximum atomic E-state index is 13.7. The van der Waals surface area contributed by atoms with E-state index < -0.39 is 11.5 Å². The number of hydrogen-bond donors (Lipinski definition) is 3. The summed E-state index contributed by atoms with van der Waals surface area (Å²) in [7, 11) is 0. The monoisotopic (exact) mass is 461 g/mol. The van der Waals surface area contributed by atoms with Crippen LogP contribution in [-0.4, -0.2) is 41.0 Å². The number of hydrogen-bond acceptors (Lipinski definition) is 6. The van der Waals surface area contributed by atoms with E-state index in [-0.39, 0.29) is 11.7 Å². The van der Waals surface area contributed by atoms with Crippen molar-refractivity contribution in [3.8, 4) is 11.4 Å². The van der Waals surface area contributed by atoms with Crippen LogP contribution in [0.3, 0.4) is 0 Å². The smallest absolute Gasteiger partial charge is 0.328 e. The van der Waals surface area contributed by atoms with E-state index in [1.165, 1.54) is 0 Å². The number of dihydropyridines is 1. The van der Waals surface area contributed by atoms with Gasteiger partial charge in [0.25, 0.3) is 0 Å². The Hall–Kier alpha value is -3.46. The van der Waals surface area contributed by atoms with Gasteiger partial charge in [-0.3, -0.25) is 9.13 Å². The fourth-order valence-corrected chi connectivity index (χ4v) is 5.15. The zero-order valence-corrected chi connectivity index (χ0v) is 19.4. The number of aliphatic hydroxyl groups excluding tert-OH is 1. The van der Waals surface area contributed by atoms with E-state index in [1.807, 2.05) is 35.3 Å². The van der Waals surface area contributed by atoms with Crippen LogP contribution < -0.4 is 11.0 Å². The number of H-pyrrole nitrogens is 1. The molecule has 178 valence electrons. The minimum Gasteiger partial charge on any atom is -0.391 e.